The van der Waals surface area contributed by atoms with Gasteiger partial charge in [-0.05, 0) is 31.1 Å². The molecule has 0 fully saturated rings. The number of nitrogens with one attached hydrogen (secondary N) is 1. The molecule has 0 saturated carbocycles. The van der Waals surface area contributed by atoms with Crippen LogP contribution >= 0.6 is 0 Å². The second kappa shape index (κ2) is 10.2. The average Bonchev–Trinajstić information content (AvgIpc) is 2.49. The summed E-state index contributed by atoms with van der Waals surface area (Å²) in [6.45, 7) is 0.450. The van der Waals surface area contributed by atoms with E-state index in [9.17, 15) is 14.4 Å². The highest BCUT2D eigenvalue weighted by Gasteiger charge is 2.02. The van der Waals surface area contributed by atoms with Crippen molar-refractivity contribution in [2.24, 2.45) is 0 Å². The van der Waals surface area contributed by atoms with Crippen LogP contribution in [0.1, 0.15) is 12.8 Å². The molecular weight excluding hydrogens is 274 g/mol. The van der Waals surface area contributed by atoms with Crippen molar-refractivity contribution < 1.29 is 23.9 Å². The van der Waals surface area contributed by atoms with E-state index in [1.165, 1.54) is 0 Å². The van der Waals surface area contributed by atoms with Crippen molar-refractivity contribution >= 4 is 24.0 Å². The van der Waals surface area contributed by atoms with Crippen LogP contribution in [-0.2, 0) is 19.1 Å². The third kappa shape index (κ3) is 8.20. The van der Waals surface area contributed by atoms with Crippen molar-refractivity contribution in [2.45, 2.75) is 12.8 Å². The number of carbonyl (C=O) groups excluding carboxylic acids is 3. The van der Waals surface area contributed by atoms with Gasteiger partial charge in [0.25, 0.3) is 0 Å². The lowest BCUT2D eigenvalue weighted by Gasteiger charge is -2.06. The smallest absolute Gasteiger partial charge is 0.411 e. The molecule has 21 heavy (non-hydrogen) atoms. The minimum atomic E-state index is -0.565. The lowest BCUT2D eigenvalue weighted by molar-refractivity contribution is -0.138. The van der Waals surface area contributed by atoms with Crippen LogP contribution in [-0.4, -0.2) is 31.6 Å². The first-order valence-corrected chi connectivity index (χ1v) is 6.50. The van der Waals surface area contributed by atoms with Gasteiger partial charge in [-0.15, -0.1) is 0 Å². The number of allylic oxidation sites excluding steroid dienone is 1. The molecule has 1 amide bonds. The number of benzene rings is 1. The van der Waals surface area contributed by atoms with E-state index in [0.717, 1.165) is 12.2 Å². The van der Waals surface area contributed by atoms with Gasteiger partial charge in [0.05, 0.1) is 13.2 Å². The Labute approximate surface area is 122 Å². The van der Waals surface area contributed by atoms with E-state index in [-0.39, 0.29) is 13.2 Å². The molecule has 1 aromatic rings. The fourth-order valence-electron chi connectivity index (χ4n) is 1.38. The minimum absolute atomic E-state index is 0.214. The molecule has 1 aromatic carbocycles. The summed E-state index contributed by atoms with van der Waals surface area (Å²) in [5.41, 5.74) is 0.665. The number of esters is 1. The molecule has 1 rings (SSSR count). The molecule has 0 aliphatic heterocycles. The summed E-state index contributed by atoms with van der Waals surface area (Å²) in [5.74, 6) is -0.565. The van der Waals surface area contributed by atoms with E-state index in [0.29, 0.717) is 24.8 Å². The molecule has 0 aliphatic carbocycles. The quantitative estimate of drug-likeness (QED) is 0.344. The van der Waals surface area contributed by atoms with Gasteiger partial charge in [0.15, 0.2) is 0 Å². The highest BCUT2D eigenvalue weighted by molar-refractivity contribution is 5.86. The van der Waals surface area contributed by atoms with Gasteiger partial charge in [0, 0.05) is 11.8 Å². The van der Waals surface area contributed by atoms with Crippen LogP contribution in [0.3, 0.4) is 0 Å². The predicted molar refractivity (Wildman–Crippen MR) is 76.8 cm³/mol. The number of amides is 1. The molecule has 112 valence electrons. The van der Waals surface area contributed by atoms with Crippen LogP contribution in [0.4, 0.5) is 10.5 Å². The number of rotatable bonds is 8. The molecule has 0 bridgehead atoms. The zero-order chi connectivity index (χ0) is 15.3. The Bertz CT molecular complexity index is 484. The van der Waals surface area contributed by atoms with Gasteiger partial charge < -0.3 is 9.47 Å². The van der Waals surface area contributed by atoms with Crippen LogP contribution in [0.25, 0.3) is 0 Å². The van der Waals surface area contributed by atoms with E-state index < -0.39 is 12.1 Å². The second-order valence-corrected chi connectivity index (χ2v) is 4.00. The summed E-state index contributed by atoms with van der Waals surface area (Å²) < 4.78 is 9.77. The van der Waals surface area contributed by atoms with Crippen LogP contribution in [0, 0.1) is 0 Å². The molecule has 0 saturated heterocycles. The van der Waals surface area contributed by atoms with Crippen LogP contribution in [0.15, 0.2) is 42.5 Å². The Hall–Kier alpha value is -2.63. The Balaban J connectivity index is 2.04. The molecule has 0 unspecified atom stereocenters. The van der Waals surface area contributed by atoms with Crippen molar-refractivity contribution in [3.63, 3.8) is 0 Å². The fraction of sp³-hybridized carbons (Fsp3) is 0.267. The van der Waals surface area contributed by atoms with Crippen molar-refractivity contribution in [3.05, 3.63) is 42.5 Å². The van der Waals surface area contributed by atoms with Gasteiger partial charge in [0.1, 0.15) is 6.29 Å². The minimum Gasteiger partial charge on any atom is -0.463 e. The maximum Gasteiger partial charge on any atom is 0.411 e. The summed E-state index contributed by atoms with van der Waals surface area (Å²) in [6, 6.07) is 8.98. The first-order chi connectivity index (χ1) is 10.2. The SMILES string of the molecule is O=CC=CC(=O)OCCCCOC(=O)Nc1ccccc1. The monoisotopic (exact) mass is 291 g/mol. The largest absolute Gasteiger partial charge is 0.463 e. The predicted octanol–water partition coefficient (Wildman–Crippen LogP) is 2.31. The lowest BCUT2D eigenvalue weighted by Crippen LogP contribution is -2.14. The molecule has 0 atom stereocenters. The molecule has 0 spiro atoms. The van der Waals surface area contributed by atoms with E-state index in [2.05, 4.69) is 5.32 Å². The van der Waals surface area contributed by atoms with Gasteiger partial charge >= 0.3 is 12.1 Å². The normalized spacial score (nSPS) is 10.1. The van der Waals surface area contributed by atoms with Gasteiger partial charge in [-0.25, -0.2) is 9.59 Å². The van der Waals surface area contributed by atoms with Gasteiger partial charge in [-0.2, -0.15) is 0 Å². The zero-order valence-corrected chi connectivity index (χ0v) is 11.5. The number of unbranched alkanes of at least 4 members (excludes halogenated alkanes) is 1. The Kier molecular flexibility index (Phi) is 7.97. The highest BCUT2D eigenvalue weighted by Crippen LogP contribution is 2.05. The summed E-state index contributed by atoms with van der Waals surface area (Å²) in [4.78, 5) is 32.4. The molecule has 6 heteroatoms. The highest BCUT2D eigenvalue weighted by atomic mass is 16.5. The number of carbonyl (C=O) groups is 3. The van der Waals surface area contributed by atoms with E-state index in [4.69, 9.17) is 9.47 Å². The number of para-hydroxylation sites is 1. The molecule has 0 heterocycles. The Morgan fingerprint density at radius 2 is 1.71 bits per heavy atom. The third-order valence-electron chi connectivity index (χ3n) is 2.35. The number of hydrogen-bond acceptors (Lipinski definition) is 5. The Morgan fingerprint density at radius 1 is 1.05 bits per heavy atom. The fourth-order valence-corrected chi connectivity index (χ4v) is 1.38. The Morgan fingerprint density at radius 3 is 2.38 bits per heavy atom. The third-order valence-corrected chi connectivity index (χ3v) is 2.35. The van der Waals surface area contributed by atoms with Gasteiger partial charge in [0.2, 0.25) is 0 Å². The summed E-state index contributed by atoms with van der Waals surface area (Å²) in [6.07, 6.45) is 3.25. The average molecular weight is 291 g/mol. The van der Waals surface area contributed by atoms with E-state index in [1.54, 1.807) is 12.1 Å². The second-order valence-electron chi connectivity index (χ2n) is 4.00. The van der Waals surface area contributed by atoms with Crippen LogP contribution < -0.4 is 5.32 Å². The summed E-state index contributed by atoms with van der Waals surface area (Å²) in [5, 5.41) is 2.59. The van der Waals surface area contributed by atoms with Crippen molar-refractivity contribution in [2.75, 3.05) is 18.5 Å². The molecular formula is C15H17NO5. The first-order valence-electron chi connectivity index (χ1n) is 6.50. The molecule has 0 aliphatic rings. The first kappa shape index (κ1) is 16.4. The standard InChI is InChI=1S/C15H17NO5/c17-10-6-9-14(18)20-11-4-5-12-21-15(19)16-13-7-2-1-3-8-13/h1-3,6-10H,4-5,11-12H2,(H,16,19). The molecule has 0 radical (unpaired) electrons. The lowest BCUT2D eigenvalue weighted by atomic mass is 10.3. The number of hydrogen-bond donors (Lipinski definition) is 1. The summed E-state index contributed by atoms with van der Waals surface area (Å²) in [7, 11) is 0. The zero-order valence-electron chi connectivity index (χ0n) is 11.5. The van der Waals surface area contributed by atoms with Gasteiger partial charge in [-0.3, -0.25) is 10.1 Å². The molecule has 0 aromatic heterocycles. The van der Waals surface area contributed by atoms with E-state index >= 15 is 0 Å². The van der Waals surface area contributed by atoms with Crippen molar-refractivity contribution in [3.8, 4) is 0 Å². The molecule has 6 nitrogen and oxygen atoms in total. The number of aldehydes is 1. The number of anilines is 1. The maximum absolute atomic E-state index is 11.4. The summed E-state index contributed by atoms with van der Waals surface area (Å²) >= 11 is 0. The van der Waals surface area contributed by atoms with Crippen LogP contribution in [0.2, 0.25) is 0 Å². The van der Waals surface area contributed by atoms with Gasteiger partial charge in [-0.1, -0.05) is 18.2 Å². The van der Waals surface area contributed by atoms with E-state index in [1.807, 2.05) is 18.2 Å². The number of ether oxygens (including phenoxy) is 2. The topological polar surface area (TPSA) is 81.7 Å². The van der Waals surface area contributed by atoms with Crippen LogP contribution in [0.5, 0.6) is 0 Å². The molecule has 1 N–H and O–H groups in total. The van der Waals surface area contributed by atoms with Crippen molar-refractivity contribution in [1.82, 2.24) is 0 Å². The maximum atomic E-state index is 11.4. The van der Waals surface area contributed by atoms with Crippen molar-refractivity contribution in [1.29, 1.82) is 0 Å².